The van der Waals surface area contributed by atoms with Crippen LogP contribution in [0.3, 0.4) is 0 Å². The molecule has 0 aliphatic heterocycles. The fourth-order valence-corrected chi connectivity index (χ4v) is 1.37. The molecule has 17 heavy (non-hydrogen) atoms. The Morgan fingerprint density at radius 2 is 1.88 bits per heavy atom. The second-order valence-corrected chi connectivity index (χ2v) is 3.33. The number of nitrogens with two attached hydrogens (primary N) is 1. The summed E-state index contributed by atoms with van der Waals surface area (Å²) < 4.78 is 0. The predicted octanol–water partition coefficient (Wildman–Crippen LogP) is 0.699. The van der Waals surface area contributed by atoms with E-state index in [0.29, 0.717) is 0 Å². The van der Waals surface area contributed by atoms with Crippen LogP contribution in [0.5, 0.6) is 0 Å². The van der Waals surface area contributed by atoms with Crippen LogP contribution in [-0.4, -0.2) is 23.5 Å². The summed E-state index contributed by atoms with van der Waals surface area (Å²) >= 11 is 0. The molecule has 0 aliphatic rings. The Morgan fingerprint density at radius 1 is 1.29 bits per heavy atom. The third-order valence-electron chi connectivity index (χ3n) is 2.10. The van der Waals surface area contributed by atoms with Crippen LogP contribution in [0.1, 0.15) is 18.0 Å². The van der Waals surface area contributed by atoms with Crippen molar-refractivity contribution in [3.05, 3.63) is 35.9 Å². The number of hydrogen-bond acceptors (Lipinski definition) is 3. The molecule has 0 aromatic heterocycles. The molecule has 0 heterocycles. The highest BCUT2D eigenvalue weighted by atomic mass is 35.5. The number of halogens is 1. The van der Waals surface area contributed by atoms with Gasteiger partial charge in [-0.05, 0) is 5.56 Å². The molecule has 1 amide bonds. The molecule has 0 spiro atoms. The van der Waals surface area contributed by atoms with E-state index in [4.69, 9.17) is 10.8 Å². The molecule has 4 N–H and O–H groups in total. The predicted molar refractivity (Wildman–Crippen MR) is 65.9 cm³/mol. The van der Waals surface area contributed by atoms with E-state index in [1.165, 1.54) is 0 Å². The minimum atomic E-state index is -0.967. The summed E-state index contributed by atoms with van der Waals surface area (Å²) in [6, 6.07) is 8.41. The van der Waals surface area contributed by atoms with Gasteiger partial charge in [0.1, 0.15) is 0 Å². The smallest absolute Gasteiger partial charge is 0.305 e. The maximum absolute atomic E-state index is 11.1. The molecule has 94 valence electrons. The van der Waals surface area contributed by atoms with Gasteiger partial charge in [0, 0.05) is 0 Å². The Balaban J connectivity index is 0.00000256. The molecule has 0 bridgehead atoms. The normalized spacial score (nSPS) is 11.1. The first-order valence-corrected chi connectivity index (χ1v) is 4.89. The summed E-state index contributed by atoms with van der Waals surface area (Å²) in [4.78, 5) is 21.8. The zero-order valence-corrected chi connectivity index (χ0v) is 9.94. The number of hydrogen-bond donors (Lipinski definition) is 3. The number of carbonyl (C=O) groups excluding carboxylic acids is 1. The number of aliphatic carboxylic acids is 1. The van der Waals surface area contributed by atoms with Crippen molar-refractivity contribution in [2.24, 2.45) is 5.73 Å². The number of nitrogens with one attached hydrogen (secondary N) is 1. The summed E-state index contributed by atoms with van der Waals surface area (Å²) in [7, 11) is 0. The lowest BCUT2D eigenvalue weighted by Crippen LogP contribution is -2.34. The van der Waals surface area contributed by atoms with Crippen LogP contribution in [0.4, 0.5) is 0 Å². The van der Waals surface area contributed by atoms with E-state index in [-0.39, 0.29) is 31.3 Å². The van der Waals surface area contributed by atoms with Gasteiger partial charge in [0.05, 0.1) is 19.0 Å². The van der Waals surface area contributed by atoms with Crippen molar-refractivity contribution >= 4 is 24.3 Å². The lowest BCUT2D eigenvalue weighted by atomic mass is 10.0. The van der Waals surface area contributed by atoms with Gasteiger partial charge in [0.25, 0.3) is 0 Å². The first kappa shape index (κ1) is 15.4. The number of carboxylic acid groups (broad SMARTS) is 1. The van der Waals surface area contributed by atoms with Gasteiger partial charge in [-0.25, -0.2) is 0 Å². The third-order valence-corrected chi connectivity index (χ3v) is 2.10. The summed E-state index contributed by atoms with van der Waals surface area (Å²) in [6.45, 7) is -0.150. The maximum atomic E-state index is 11.1. The second kappa shape index (κ2) is 7.65. The quantitative estimate of drug-likeness (QED) is 0.725. The van der Waals surface area contributed by atoms with E-state index >= 15 is 0 Å². The fourth-order valence-electron chi connectivity index (χ4n) is 1.37. The lowest BCUT2D eigenvalue weighted by molar-refractivity contribution is -0.137. The van der Waals surface area contributed by atoms with Crippen LogP contribution < -0.4 is 11.1 Å². The maximum Gasteiger partial charge on any atom is 0.305 e. The molecule has 0 fully saturated rings. The number of benzene rings is 1. The van der Waals surface area contributed by atoms with E-state index in [2.05, 4.69) is 5.32 Å². The van der Waals surface area contributed by atoms with Crippen molar-refractivity contribution in [1.29, 1.82) is 0 Å². The largest absolute Gasteiger partial charge is 0.481 e. The summed E-state index contributed by atoms with van der Waals surface area (Å²) in [5, 5.41) is 11.3. The van der Waals surface area contributed by atoms with E-state index in [1.807, 2.05) is 6.07 Å². The van der Waals surface area contributed by atoms with Gasteiger partial charge < -0.3 is 16.2 Å². The Bertz CT molecular complexity index is 370. The zero-order chi connectivity index (χ0) is 12.0. The van der Waals surface area contributed by atoms with Crippen LogP contribution in [0.2, 0.25) is 0 Å². The molecule has 0 saturated heterocycles. The highest BCUT2D eigenvalue weighted by Crippen LogP contribution is 2.15. The van der Waals surface area contributed by atoms with Gasteiger partial charge >= 0.3 is 5.97 Å². The Hall–Kier alpha value is -1.59. The van der Waals surface area contributed by atoms with Crippen molar-refractivity contribution in [3.8, 4) is 0 Å². The molecule has 1 unspecified atom stereocenters. The molecule has 1 atom stereocenters. The van der Waals surface area contributed by atoms with Crippen molar-refractivity contribution in [3.63, 3.8) is 0 Å². The van der Waals surface area contributed by atoms with Gasteiger partial charge in [-0.15, -0.1) is 12.4 Å². The zero-order valence-electron chi connectivity index (χ0n) is 9.13. The van der Waals surface area contributed by atoms with Crippen LogP contribution >= 0.6 is 12.4 Å². The average Bonchev–Trinajstić information content (AvgIpc) is 2.28. The molecule has 6 heteroatoms. The van der Waals surface area contributed by atoms with Crippen LogP contribution in [0.15, 0.2) is 30.3 Å². The molecule has 1 aromatic carbocycles. The monoisotopic (exact) mass is 258 g/mol. The van der Waals surface area contributed by atoms with E-state index < -0.39 is 12.0 Å². The SMILES string of the molecule is Cl.NCC(=O)NC(CC(=O)O)c1ccccc1. The van der Waals surface area contributed by atoms with E-state index in [0.717, 1.165) is 5.56 Å². The molecule has 5 nitrogen and oxygen atoms in total. The van der Waals surface area contributed by atoms with E-state index in [9.17, 15) is 9.59 Å². The number of amides is 1. The summed E-state index contributed by atoms with van der Waals surface area (Å²) in [5.41, 5.74) is 5.93. The van der Waals surface area contributed by atoms with Crippen LogP contribution in [0.25, 0.3) is 0 Å². The Kier molecular flexibility index (Phi) is 6.93. The molecule has 0 saturated carbocycles. The van der Waals surface area contributed by atoms with Crippen molar-refractivity contribution in [1.82, 2.24) is 5.32 Å². The molecular weight excluding hydrogens is 244 g/mol. The van der Waals surface area contributed by atoms with Crippen molar-refractivity contribution < 1.29 is 14.7 Å². The standard InChI is InChI=1S/C11H14N2O3.ClH/c12-7-10(14)13-9(6-11(15)16)8-4-2-1-3-5-8;/h1-5,9H,6-7,12H2,(H,13,14)(H,15,16);1H. The van der Waals surface area contributed by atoms with Crippen LogP contribution in [-0.2, 0) is 9.59 Å². The van der Waals surface area contributed by atoms with Crippen molar-refractivity contribution in [2.45, 2.75) is 12.5 Å². The molecular formula is C11H15ClN2O3. The van der Waals surface area contributed by atoms with Gasteiger partial charge in [0.2, 0.25) is 5.91 Å². The number of carboxylic acids is 1. The minimum absolute atomic E-state index is 0. The average molecular weight is 259 g/mol. The van der Waals surface area contributed by atoms with Gasteiger partial charge in [-0.2, -0.15) is 0 Å². The lowest BCUT2D eigenvalue weighted by Gasteiger charge is -2.16. The van der Waals surface area contributed by atoms with E-state index in [1.54, 1.807) is 24.3 Å². The van der Waals surface area contributed by atoms with Gasteiger partial charge in [0.15, 0.2) is 0 Å². The number of rotatable bonds is 5. The summed E-state index contributed by atoms with van der Waals surface area (Å²) in [6.07, 6.45) is -0.157. The highest BCUT2D eigenvalue weighted by molar-refractivity contribution is 5.85. The topological polar surface area (TPSA) is 92.4 Å². The first-order valence-electron chi connectivity index (χ1n) is 4.89. The Labute approximate surface area is 105 Å². The first-order chi connectivity index (χ1) is 7.63. The van der Waals surface area contributed by atoms with Crippen LogP contribution in [0, 0.1) is 0 Å². The Morgan fingerprint density at radius 3 is 2.35 bits per heavy atom. The third kappa shape index (κ3) is 5.33. The highest BCUT2D eigenvalue weighted by Gasteiger charge is 2.16. The molecule has 0 aliphatic carbocycles. The summed E-state index contributed by atoms with van der Waals surface area (Å²) in [5.74, 6) is -1.33. The van der Waals surface area contributed by atoms with Crippen molar-refractivity contribution in [2.75, 3.05) is 6.54 Å². The fraction of sp³-hybridized carbons (Fsp3) is 0.273. The minimum Gasteiger partial charge on any atom is -0.481 e. The molecule has 1 aromatic rings. The van der Waals surface area contributed by atoms with Gasteiger partial charge in [-0.3, -0.25) is 9.59 Å². The number of carbonyl (C=O) groups is 2. The second-order valence-electron chi connectivity index (χ2n) is 3.33. The molecule has 0 radical (unpaired) electrons. The van der Waals surface area contributed by atoms with Gasteiger partial charge in [-0.1, -0.05) is 30.3 Å². The molecule has 1 rings (SSSR count).